The van der Waals surface area contributed by atoms with Gasteiger partial charge in [0.2, 0.25) is 0 Å². The lowest BCUT2D eigenvalue weighted by atomic mass is 10.2. The van der Waals surface area contributed by atoms with Crippen LogP contribution in [-0.4, -0.2) is 16.3 Å². The number of rotatable bonds is 7. The van der Waals surface area contributed by atoms with Gasteiger partial charge in [-0.2, -0.15) is 5.10 Å². The highest BCUT2D eigenvalue weighted by atomic mass is 79.9. The highest BCUT2D eigenvalue weighted by Crippen LogP contribution is 2.33. The van der Waals surface area contributed by atoms with Gasteiger partial charge >= 0.3 is 0 Å². The maximum atomic E-state index is 11.9. The van der Waals surface area contributed by atoms with Crippen LogP contribution >= 0.6 is 15.9 Å². The van der Waals surface area contributed by atoms with Crippen LogP contribution in [0.15, 0.2) is 15.5 Å². The van der Waals surface area contributed by atoms with Gasteiger partial charge in [-0.1, -0.05) is 19.8 Å². The molecule has 1 heterocycles. The zero-order valence-electron chi connectivity index (χ0n) is 10.8. The minimum Gasteiger partial charge on any atom is -0.383 e. The Hall–Kier alpha value is -0.840. The van der Waals surface area contributed by atoms with Crippen molar-refractivity contribution in [3.8, 4) is 0 Å². The van der Waals surface area contributed by atoms with Crippen molar-refractivity contribution in [1.82, 2.24) is 9.78 Å². The average Bonchev–Trinajstić information content (AvgIpc) is 3.17. The van der Waals surface area contributed by atoms with Crippen LogP contribution in [0.2, 0.25) is 0 Å². The summed E-state index contributed by atoms with van der Waals surface area (Å²) in [7, 11) is 0. The van der Waals surface area contributed by atoms with E-state index in [1.165, 1.54) is 23.9 Å². The lowest BCUT2D eigenvalue weighted by Crippen LogP contribution is -2.24. The standard InChI is InChI=1S/C13H20BrN3O/c1-2-8-17-13(18)12(14)11(9-16-17)15-7-3-4-10-5-6-10/h9-10,15H,2-8H2,1H3. The van der Waals surface area contributed by atoms with E-state index in [-0.39, 0.29) is 5.56 Å². The summed E-state index contributed by atoms with van der Waals surface area (Å²) >= 11 is 3.36. The number of aromatic nitrogens is 2. The Morgan fingerprint density at radius 1 is 1.56 bits per heavy atom. The number of anilines is 1. The summed E-state index contributed by atoms with van der Waals surface area (Å²) in [6, 6.07) is 0. The summed E-state index contributed by atoms with van der Waals surface area (Å²) in [6.45, 7) is 3.61. The molecule has 2 rings (SSSR count). The van der Waals surface area contributed by atoms with Gasteiger partial charge in [-0.05, 0) is 41.1 Å². The topological polar surface area (TPSA) is 46.9 Å². The van der Waals surface area contributed by atoms with E-state index < -0.39 is 0 Å². The third-order valence-corrected chi connectivity index (χ3v) is 3.99. The van der Waals surface area contributed by atoms with Crippen LogP contribution in [0.5, 0.6) is 0 Å². The quantitative estimate of drug-likeness (QED) is 0.787. The molecule has 0 saturated heterocycles. The molecule has 0 bridgehead atoms. The van der Waals surface area contributed by atoms with Crippen molar-refractivity contribution in [1.29, 1.82) is 0 Å². The summed E-state index contributed by atoms with van der Waals surface area (Å²) in [5.41, 5.74) is 0.757. The van der Waals surface area contributed by atoms with Crippen molar-refractivity contribution >= 4 is 21.6 Å². The van der Waals surface area contributed by atoms with Crippen LogP contribution in [0.1, 0.15) is 39.0 Å². The van der Waals surface area contributed by atoms with Crippen molar-refractivity contribution < 1.29 is 0 Å². The van der Waals surface area contributed by atoms with Gasteiger partial charge in [-0.3, -0.25) is 4.79 Å². The minimum absolute atomic E-state index is 0.0518. The Morgan fingerprint density at radius 2 is 2.33 bits per heavy atom. The molecule has 1 saturated carbocycles. The van der Waals surface area contributed by atoms with Crippen LogP contribution < -0.4 is 10.9 Å². The van der Waals surface area contributed by atoms with Crippen molar-refractivity contribution in [2.45, 2.75) is 45.6 Å². The molecule has 0 atom stereocenters. The molecule has 4 nitrogen and oxygen atoms in total. The Labute approximate surface area is 116 Å². The highest BCUT2D eigenvalue weighted by molar-refractivity contribution is 9.10. The molecule has 1 aliphatic rings. The molecular weight excluding hydrogens is 294 g/mol. The first-order chi connectivity index (χ1) is 8.72. The van der Waals surface area contributed by atoms with Gasteiger partial charge in [-0.25, -0.2) is 4.68 Å². The van der Waals surface area contributed by atoms with Crippen LogP contribution in [0, 0.1) is 5.92 Å². The molecule has 1 aromatic heterocycles. The van der Waals surface area contributed by atoms with E-state index in [1.54, 1.807) is 6.20 Å². The monoisotopic (exact) mass is 313 g/mol. The molecular formula is C13H20BrN3O. The van der Waals surface area contributed by atoms with E-state index in [0.717, 1.165) is 31.0 Å². The second-order valence-electron chi connectivity index (χ2n) is 4.91. The van der Waals surface area contributed by atoms with E-state index >= 15 is 0 Å². The third kappa shape index (κ3) is 3.57. The van der Waals surface area contributed by atoms with E-state index in [4.69, 9.17) is 0 Å². The van der Waals surface area contributed by atoms with Gasteiger partial charge in [0.1, 0.15) is 4.47 Å². The van der Waals surface area contributed by atoms with Crippen molar-refractivity contribution in [3.63, 3.8) is 0 Å². The summed E-state index contributed by atoms with van der Waals surface area (Å²) in [5.74, 6) is 0.964. The van der Waals surface area contributed by atoms with Gasteiger partial charge < -0.3 is 5.32 Å². The minimum atomic E-state index is -0.0518. The first-order valence-electron chi connectivity index (χ1n) is 6.72. The number of aryl methyl sites for hydroxylation is 1. The molecule has 1 aliphatic carbocycles. The Bertz CT molecular complexity index is 454. The lowest BCUT2D eigenvalue weighted by molar-refractivity contribution is 0.565. The molecule has 0 aliphatic heterocycles. The van der Waals surface area contributed by atoms with E-state index in [0.29, 0.717) is 11.0 Å². The fourth-order valence-electron chi connectivity index (χ4n) is 1.98. The third-order valence-electron chi connectivity index (χ3n) is 3.22. The van der Waals surface area contributed by atoms with Crippen molar-refractivity contribution in [3.05, 3.63) is 21.0 Å². The molecule has 0 spiro atoms. The zero-order chi connectivity index (χ0) is 13.0. The van der Waals surface area contributed by atoms with E-state index in [2.05, 4.69) is 26.3 Å². The molecule has 0 aromatic carbocycles. The molecule has 1 aromatic rings. The molecule has 0 unspecified atom stereocenters. The normalized spacial score (nSPS) is 14.8. The second kappa shape index (κ2) is 6.36. The second-order valence-corrected chi connectivity index (χ2v) is 5.71. The summed E-state index contributed by atoms with van der Waals surface area (Å²) in [6.07, 6.45) is 7.91. The maximum Gasteiger partial charge on any atom is 0.283 e. The SMILES string of the molecule is CCCn1ncc(NCCCC2CC2)c(Br)c1=O. The predicted molar refractivity (Wildman–Crippen MR) is 76.9 cm³/mol. The average molecular weight is 314 g/mol. The van der Waals surface area contributed by atoms with Crippen LogP contribution in [0.25, 0.3) is 0 Å². The Kier molecular flexibility index (Phi) is 4.80. The lowest BCUT2D eigenvalue weighted by Gasteiger charge is -2.09. The fourth-order valence-corrected chi connectivity index (χ4v) is 2.43. The smallest absolute Gasteiger partial charge is 0.283 e. The van der Waals surface area contributed by atoms with Gasteiger partial charge in [-0.15, -0.1) is 0 Å². The summed E-state index contributed by atoms with van der Waals surface area (Å²) < 4.78 is 2.09. The molecule has 18 heavy (non-hydrogen) atoms. The predicted octanol–water partition coefficient (Wildman–Crippen LogP) is 3.02. The van der Waals surface area contributed by atoms with Gasteiger partial charge in [0.05, 0.1) is 11.9 Å². The van der Waals surface area contributed by atoms with E-state index in [9.17, 15) is 4.79 Å². The van der Waals surface area contributed by atoms with Crippen molar-refractivity contribution in [2.75, 3.05) is 11.9 Å². The summed E-state index contributed by atoms with van der Waals surface area (Å²) in [5, 5.41) is 7.45. The molecule has 1 fully saturated rings. The van der Waals surface area contributed by atoms with Crippen LogP contribution in [0.4, 0.5) is 5.69 Å². The largest absolute Gasteiger partial charge is 0.383 e. The van der Waals surface area contributed by atoms with Gasteiger partial charge in [0.25, 0.3) is 5.56 Å². The first kappa shape index (κ1) is 13.6. The zero-order valence-corrected chi connectivity index (χ0v) is 12.4. The summed E-state index contributed by atoms with van der Waals surface area (Å²) in [4.78, 5) is 11.9. The number of hydrogen-bond acceptors (Lipinski definition) is 3. The number of halogens is 1. The molecule has 100 valence electrons. The number of nitrogens with zero attached hydrogens (tertiary/aromatic N) is 2. The van der Waals surface area contributed by atoms with E-state index in [1.807, 2.05) is 6.92 Å². The highest BCUT2D eigenvalue weighted by Gasteiger charge is 2.20. The van der Waals surface area contributed by atoms with Crippen molar-refractivity contribution in [2.24, 2.45) is 5.92 Å². The first-order valence-corrected chi connectivity index (χ1v) is 7.51. The fraction of sp³-hybridized carbons (Fsp3) is 0.692. The Balaban J connectivity index is 1.91. The molecule has 1 N–H and O–H groups in total. The van der Waals surface area contributed by atoms with Crippen LogP contribution in [-0.2, 0) is 6.54 Å². The molecule has 5 heteroatoms. The maximum absolute atomic E-state index is 11.9. The molecule has 0 radical (unpaired) electrons. The number of hydrogen-bond donors (Lipinski definition) is 1. The van der Waals surface area contributed by atoms with Crippen LogP contribution in [0.3, 0.4) is 0 Å². The van der Waals surface area contributed by atoms with Gasteiger partial charge in [0, 0.05) is 13.1 Å². The molecule has 0 amide bonds. The number of nitrogens with one attached hydrogen (secondary N) is 1. The van der Waals surface area contributed by atoms with Gasteiger partial charge in [0.15, 0.2) is 0 Å². The Morgan fingerprint density at radius 3 is 3.00 bits per heavy atom.